The van der Waals surface area contributed by atoms with Gasteiger partial charge in [-0.15, -0.1) is 0 Å². The van der Waals surface area contributed by atoms with Gasteiger partial charge in [0.25, 0.3) is 0 Å². The quantitative estimate of drug-likeness (QED) is 0.665. The molecule has 0 aliphatic heterocycles. The summed E-state index contributed by atoms with van der Waals surface area (Å²) < 4.78 is 41.9. The number of carboxylic acids is 2. The molecule has 0 heterocycles. The first-order valence-electron chi connectivity index (χ1n) is 3.49. The lowest BCUT2D eigenvalue weighted by Crippen LogP contribution is -2.24. The van der Waals surface area contributed by atoms with Crippen molar-refractivity contribution in [3.8, 4) is 0 Å². The first-order chi connectivity index (χ1) is 6.77. The molecule has 2 N–H and O–H groups in total. The Bertz CT molecular complexity index is 367. The van der Waals surface area contributed by atoms with E-state index in [1.54, 1.807) is 0 Å². The second-order valence-corrected chi connectivity index (χ2v) is 5.19. The molecule has 0 radical (unpaired) electrons. The SMILES string of the molecule is O=C(O)CC(C(=O)O)C(P(=O)=O)P(=O)=O. The first-order valence-corrected chi connectivity index (χ1v) is 5.98. The second kappa shape index (κ2) is 5.58. The minimum atomic E-state index is -3.55. The van der Waals surface area contributed by atoms with Crippen molar-refractivity contribution in [3.05, 3.63) is 0 Å². The summed E-state index contributed by atoms with van der Waals surface area (Å²) in [4.78, 5) is 20.7. The highest BCUT2D eigenvalue weighted by atomic mass is 31.1. The third-order valence-corrected chi connectivity index (χ3v) is 4.22. The summed E-state index contributed by atoms with van der Waals surface area (Å²) >= 11 is 0. The van der Waals surface area contributed by atoms with E-state index in [1.165, 1.54) is 0 Å². The van der Waals surface area contributed by atoms with Crippen LogP contribution in [-0.2, 0) is 27.8 Å². The van der Waals surface area contributed by atoms with Gasteiger partial charge in [0, 0.05) is 0 Å². The largest absolute Gasteiger partial charge is 0.481 e. The third kappa shape index (κ3) is 4.18. The topological polar surface area (TPSA) is 143 Å². The standard InChI is InChI=1S/C5H6O8P2/c6-3(7)1-2(4(8)9)5(14(10)11)15(12)13/h2,5H,1H2,(H,6,7)(H,8,9). The van der Waals surface area contributed by atoms with Gasteiger partial charge in [-0.2, -0.15) is 0 Å². The molecule has 0 rings (SSSR count). The number of carbonyl (C=O) groups is 2. The van der Waals surface area contributed by atoms with Gasteiger partial charge in [-0.05, 0) is 0 Å². The molecule has 1 unspecified atom stereocenters. The van der Waals surface area contributed by atoms with E-state index in [-0.39, 0.29) is 0 Å². The molecule has 8 nitrogen and oxygen atoms in total. The Morgan fingerprint density at radius 3 is 1.60 bits per heavy atom. The monoisotopic (exact) mass is 256 g/mol. The highest BCUT2D eigenvalue weighted by molar-refractivity contribution is 7.51. The van der Waals surface area contributed by atoms with Crippen LogP contribution in [0, 0.1) is 5.92 Å². The zero-order valence-electron chi connectivity index (χ0n) is 7.10. The van der Waals surface area contributed by atoms with Crippen molar-refractivity contribution in [2.24, 2.45) is 5.92 Å². The summed E-state index contributed by atoms with van der Waals surface area (Å²) in [6.45, 7) is 0. The van der Waals surface area contributed by atoms with Crippen molar-refractivity contribution in [2.45, 2.75) is 11.8 Å². The summed E-state index contributed by atoms with van der Waals surface area (Å²) in [5.74, 6) is -5.34. The predicted octanol–water partition coefficient (Wildman–Crippen LogP) is 0.834. The van der Waals surface area contributed by atoms with Gasteiger partial charge in [-0.1, -0.05) is 0 Å². The lowest BCUT2D eigenvalue weighted by molar-refractivity contribution is -0.147. The van der Waals surface area contributed by atoms with Crippen LogP contribution in [0.2, 0.25) is 0 Å². The average Bonchev–Trinajstić information content (AvgIpc) is 2.00. The molecule has 0 spiro atoms. The van der Waals surface area contributed by atoms with E-state index >= 15 is 0 Å². The Hall–Kier alpha value is -1.26. The molecule has 0 saturated carbocycles. The Labute approximate surface area is 83.9 Å². The van der Waals surface area contributed by atoms with Crippen LogP contribution in [0.15, 0.2) is 0 Å². The van der Waals surface area contributed by atoms with Gasteiger partial charge in [0.15, 0.2) is 5.40 Å². The molecule has 0 amide bonds. The van der Waals surface area contributed by atoms with Crippen LogP contribution in [0.4, 0.5) is 0 Å². The molecule has 0 aromatic carbocycles. The zero-order valence-corrected chi connectivity index (χ0v) is 8.89. The van der Waals surface area contributed by atoms with Gasteiger partial charge >= 0.3 is 27.3 Å². The summed E-state index contributed by atoms with van der Waals surface area (Å²) in [7, 11) is -7.09. The van der Waals surface area contributed by atoms with Crippen molar-refractivity contribution < 1.29 is 38.1 Å². The van der Waals surface area contributed by atoms with E-state index in [0.29, 0.717) is 0 Å². The molecule has 15 heavy (non-hydrogen) atoms. The minimum Gasteiger partial charge on any atom is -0.481 e. The van der Waals surface area contributed by atoms with Crippen LogP contribution in [0.3, 0.4) is 0 Å². The lowest BCUT2D eigenvalue weighted by Gasteiger charge is -2.08. The summed E-state index contributed by atoms with van der Waals surface area (Å²) in [6, 6.07) is 0. The van der Waals surface area contributed by atoms with Gasteiger partial charge in [0.05, 0.1) is 12.3 Å². The summed E-state index contributed by atoms with van der Waals surface area (Å²) in [5, 5.41) is 14.6. The molecule has 0 aliphatic carbocycles. The van der Waals surface area contributed by atoms with Crippen molar-refractivity contribution in [2.75, 3.05) is 0 Å². The molecule has 0 aromatic rings. The van der Waals surface area contributed by atoms with Crippen LogP contribution in [0.5, 0.6) is 0 Å². The van der Waals surface area contributed by atoms with Gasteiger partial charge in [-0.25, -0.2) is 18.3 Å². The maximum absolute atomic E-state index is 10.5. The van der Waals surface area contributed by atoms with Crippen molar-refractivity contribution in [1.82, 2.24) is 0 Å². The lowest BCUT2D eigenvalue weighted by atomic mass is 10.1. The van der Waals surface area contributed by atoms with Crippen LogP contribution < -0.4 is 0 Å². The number of hydrogen-bond donors (Lipinski definition) is 2. The van der Waals surface area contributed by atoms with Gasteiger partial charge in [0.1, 0.15) is 0 Å². The van der Waals surface area contributed by atoms with E-state index in [4.69, 9.17) is 10.2 Å². The van der Waals surface area contributed by atoms with E-state index < -0.39 is 45.0 Å². The smallest absolute Gasteiger partial charge is 0.334 e. The summed E-state index contributed by atoms with van der Waals surface area (Å²) in [6.07, 6.45) is -1.06. The van der Waals surface area contributed by atoms with E-state index in [0.717, 1.165) is 0 Å². The maximum Gasteiger partial charge on any atom is 0.334 e. The minimum absolute atomic E-state index is 1.06. The first kappa shape index (κ1) is 13.7. The maximum atomic E-state index is 10.5. The van der Waals surface area contributed by atoms with Crippen LogP contribution in [0.1, 0.15) is 6.42 Å². The van der Waals surface area contributed by atoms with E-state index in [1.807, 2.05) is 0 Å². The molecule has 0 saturated heterocycles. The average molecular weight is 256 g/mol. The second-order valence-electron chi connectivity index (χ2n) is 2.53. The molecule has 10 heteroatoms. The number of hydrogen-bond acceptors (Lipinski definition) is 6. The zero-order chi connectivity index (χ0) is 12.2. The molecule has 0 aliphatic rings. The van der Waals surface area contributed by atoms with Crippen LogP contribution in [0.25, 0.3) is 0 Å². The fourth-order valence-electron chi connectivity index (χ4n) is 0.879. The molecule has 84 valence electrons. The number of rotatable bonds is 6. The Morgan fingerprint density at radius 1 is 1.00 bits per heavy atom. The number of aliphatic carboxylic acids is 2. The van der Waals surface area contributed by atoms with Crippen molar-refractivity contribution >= 4 is 27.3 Å². The fourth-order valence-corrected chi connectivity index (χ4v) is 2.55. The molecular formula is C5H6O8P2. The fraction of sp³-hybridized carbons (Fsp3) is 0.600. The third-order valence-electron chi connectivity index (χ3n) is 1.50. The molecule has 0 bridgehead atoms. The molecular weight excluding hydrogens is 250 g/mol. The highest BCUT2D eigenvalue weighted by Crippen LogP contribution is 2.37. The highest BCUT2D eigenvalue weighted by Gasteiger charge is 2.38. The number of carboxylic acid groups (broad SMARTS) is 2. The normalized spacial score (nSPS) is 12.1. The molecule has 0 aromatic heterocycles. The van der Waals surface area contributed by atoms with E-state index in [9.17, 15) is 27.8 Å². The van der Waals surface area contributed by atoms with Crippen molar-refractivity contribution in [1.29, 1.82) is 0 Å². The van der Waals surface area contributed by atoms with Crippen molar-refractivity contribution in [3.63, 3.8) is 0 Å². The van der Waals surface area contributed by atoms with Crippen LogP contribution >= 0.6 is 15.4 Å². The van der Waals surface area contributed by atoms with Gasteiger partial charge in [0.2, 0.25) is 0 Å². The Morgan fingerprint density at radius 2 is 1.40 bits per heavy atom. The van der Waals surface area contributed by atoms with Gasteiger partial charge < -0.3 is 10.2 Å². The summed E-state index contributed by atoms with van der Waals surface area (Å²) in [5.41, 5.74) is 0. The van der Waals surface area contributed by atoms with Crippen LogP contribution in [-0.4, -0.2) is 27.6 Å². The van der Waals surface area contributed by atoms with Gasteiger partial charge in [-0.3, -0.25) is 9.59 Å². The molecule has 0 fully saturated rings. The van der Waals surface area contributed by atoms with E-state index in [2.05, 4.69) is 0 Å². The Kier molecular flexibility index (Phi) is 5.11. The Balaban J connectivity index is 5.19. The predicted molar refractivity (Wildman–Crippen MR) is 43.8 cm³/mol. The molecule has 1 atom stereocenters.